The van der Waals surface area contributed by atoms with Crippen molar-refractivity contribution in [1.29, 1.82) is 5.26 Å². The van der Waals surface area contributed by atoms with Crippen LogP contribution < -0.4 is 5.32 Å². The van der Waals surface area contributed by atoms with Gasteiger partial charge in [0.15, 0.2) is 0 Å². The average molecular weight is 236 g/mol. The van der Waals surface area contributed by atoms with Crippen molar-refractivity contribution in [3.05, 3.63) is 22.4 Å². The Morgan fingerprint density at radius 3 is 2.94 bits per heavy atom. The molecule has 0 saturated heterocycles. The van der Waals surface area contributed by atoms with Gasteiger partial charge in [-0.1, -0.05) is 19.9 Å². The maximum atomic E-state index is 8.56. The molecule has 0 amide bonds. The van der Waals surface area contributed by atoms with Gasteiger partial charge in [0.25, 0.3) is 0 Å². The van der Waals surface area contributed by atoms with Crippen LogP contribution in [0.4, 0.5) is 0 Å². The minimum absolute atomic E-state index is 0.227. The van der Waals surface area contributed by atoms with E-state index in [2.05, 4.69) is 42.7 Å². The number of rotatable bonds is 7. The Bertz CT molecular complexity index is 322. The Balaban J connectivity index is 2.12. The van der Waals surface area contributed by atoms with Crippen molar-refractivity contribution in [2.24, 2.45) is 5.41 Å². The summed E-state index contributed by atoms with van der Waals surface area (Å²) < 4.78 is 0. The second-order valence-corrected chi connectivity index (χ2v) is 5.86. The van der Waals surface area contributed by atoms with Crippen molar-refractivity contribution >= 4 is 11.3 Å². The number of hydrogen-bond acceptors (Lipinski definition) is 3. The fourth-order valence-electron chi connectivity index (χ4n) is 1.58. The van der Waals surface area contributed by atoms with Crippen molar-refractivity contribution in [1.82, 2.24) is 5.32 Å². The highest BCUT2D eigenvalue weighted by atomic mass is 32.1. The van der Waals surface area contributed by atoms with Gasteiger partial charge >= 0.3 is 0 Å². The minimum Gasteiger partial charge on any atom is -0.316 e. The zero-order valence-electron chi connectivity index (χ0n) is 10.1. The molecule has 1 aromatic rings. The van der Waals surface area contributed by atoms with Gasteiger partial charge in [0.2, 0.25) is 0 Å². The smallest absolute Gasteiger partial charge is 0.0621 e. The summed E-state index contributed by atoms with van der Waals surface area (Å²) in [6.07, 6.45) is 2.72. The van der Waals surface area contributed by atoms with Crippen LogP contribution in [0, 0.1) is 16.7 Å². The van der Waals surface area contributed by atoms with E-state index in [0.717, 1.165) is 25.9 Å². The normalized spacial score (nSPS) is 11.3. The molecule has 1 heterocycles. The highest BCUT2D eigenvalue weighted by molar-refractivity contribution is 7.09. The molecule has 1 aromatic heterocycles. The quantitative estimate of drug-likeness (QED) is 0.738. The zero-order valence-corrected chi connectivity index (χ0v) is 10.9. The number of hydrogen-bond donors (Lipinski definition) is 1. The van der Waals surface area contributed by atoms with Crippen molar-refractivity contribution in [2.75, 3.05) is 13.1 Å². The van der Waals surface area contributed by atoms with Crippen molar-refractivity contribution in [2.45, 2.75) is 33.1 Å². The van der Waals surface area contributed by atoms with Crippen LogP contribution in [0.3, 0.4) is 0 Å². The van der Waals surface area contributed by atoms with E-state index >= 15 is 0 Å². The molecule has 0 saturated carbocycles. The standard InChI is InChI=1S/C13H20N2S/c1-13(2,7-4-8-14)11-15-9-6-12-5-3-10-16-12/h3,5,10,15H,4,6-7,9,11H2,1-2H3. The topological polar surface area (TPSA) is 35.8 Å². The first-order valence-corrected chi connectivity index (χ1v) is 6.62. The van der Waals surface area contributed by atoms with Crippen LogP contribution in [0.15, 0.2) is 17.5 Å². The summed E-state index contributed by atoms with van der Waals surface area (Å²) in [4.78, 5) is 1.43. The summed E-state index contributed by atoms with van der Waals surface area (Å²) in [5.74, 6) is 0. The molecule has 0 fully saturated rings. The molecule has 0 unspecified atom stereocenters. The van der Waals surface area contributed by atoms with Gasteiger partial charge in [-0.2, -0.15) is 5.26 Å². The third kappa shape index (κ3) is 5.29. The van der Waals surface area contributed by atoms with Gasteiger partial charge in [-0.15, -0.1) is 11.3 Å². The van der Waals surface area contributed by atoms with Crippen LogP contribution in [-0.2, 0) is 6.42 Å². The highest BCUT2D eigenvalue weighted by Gasteiger charge is 2.16. The summed E-state index contributed by atoms with van der Waals surface area (Å²) in [5.41, 5.74) is 0.227. The highest BCUT2D eigenvalue weighted by Crippen LogP contribution is 2.20. The van der Waals surface area contributed by atoms with Crippen molar-refractivity contribution < 1.29 is 0 Å². The Morgan fingerprint density at radius 2 is 2.31 bits per heavy atom. The van der Waals surface area contributed by atoms with Crippen LogP contribution in [-0.4, -0.2) is 13.1 Å². The Labute approximate surface area is 102 Å². The van der Waals surface area contributed by atoms with Gasteiger partial charge in [0, 0.05) is 17.8 Å². The molecule has 0 aliphatic rings. The third-order valence-electron chi connectivity index (χ3n) is 2.65. The van der Waals surface area contributed by atoms with E-state index in [0.29, 0.717) is 6.42 Å². The van der Waals surface area contributed by atoms with Gasteiger partial charge in [0.1, 0.15) is 0 Å². The van der Waals surface area contributed by atoms with Gasteiger partial charge in [-0.05, 0) is 36.2 Å². The van der Waals surface area contributed by atoms with Gasteiger partial charge in [0.05, 0.1) is 6.07 Å². The first-order chi connectivity index (χ1) is 7.64. The molecular formula is C13H20N2S. The summed E-state index contributed by atoms with van der Waals surface area (Å²) in [6.45, 7) is 6.43. The van der Waals surface area contributed by atoms with E-state index in [1.165, 1.54) is 4.88 Å². The van der Waals surface area contributed by atoms with E-state index < -0.39 is 0 Å². The van der Waals surface area contributed by atoms with Crippen molar-refractivity contribution in [3.8, 4) is 6.07 Å². The first kappa shape index (κ1) is 13.2. The number of thiophene rings is 1. The molecule has 3 heteroatoms. The van der Waals surface area contributed by atoms with E-state index in [1.54, 1.807) is 0 Å². The molecule has 1 rings (SSSR count). The predicted octanol–water partition coefficient (Wildman–Crippen LogP) is 3.21. The molecule has 0 aliphatic carbocycles. The Kier molecular flexibility index (Phi) is 5.51. The van der Waals surface area contributed by atoms with Gasteiger partial charge < -0.3 is 5.32 Å². The lowest BCUT2D eigenvalue weighted by atomic mass is 9.88. The number of nitriles is 1. The second kappa shape index (κ2) is 6.67. The lowest BCUT2D eigenvalue weighted by Gasteiger charge is -2.23. The van der Waals surface area contributed by atoms with Crippen LogP contribution in [0.2, 0.25) is 0 Å². The molecule has 0 bridgehead atoms. The van der Waals surface area contributed by atoms with Crippen LogP contribution in [0.5, 0.6) is 0 Å². The van der Waals surface area contributed by atoms with Crippen molar-refractivity contribution in [3.63, 3.8) is 0 Å². The number of nitrogens with one attached hydrogen (secondary N) is 1. The summed E-state index contributed by atoms with van der Waals surface area (Å²) in [6, 6.07) is 6.48. The third-order valence-corrected chi connectivity index (χ3v) is 3.58. The maximum Gasteiger partial charge on any atom is 0.0621 e. The fraction of sp³-hybridized carbons (Fsp3) is 0.615. The lowest BCUT2D eigenvalue weighted by Crippen LogP contribution is -2.30. The lowest BCUT2D eigenvalue weighted by molar-refractivity contribution is 0.319. The van der Waals surface area contributed by atoms with Crippen LogP contribution in [0.1, 0.15) is 31.6 Å². The monoisotopic (exact) mass is 236 g/mol. The van der Waals surface area contributed by atoms with Crippen LogP contribution >= 0.6 is 11.3 Å². The SMILES string of the molecule is CC(C)(CCC#N)CNCCc1cccs1. The zero-order chi connectivity index (χ0) is 11.9. The van der Waals surface area contributed by atoms with E-state index in [4.69, 9.17) is 5.26 Å². The van der Waals surface area contributed by atoms with Crippen LogP contribution in [0.25, 0.3) is 0 Å². The molecule has 0 aromatic carbocycles. The molecule has 88 valence electrons. The predicted molar refractivity (Wildman–Crippen MR) is 69.5 cm³/mol. The Hall–Kier alpha value is -0.850. The largest absolute Gasteiger partial charge is 0.316 e. The number of nitrogens with zero attached hydrogens (tertiary/aromatic N) is 1. The average Bonchev–Trinajstić information content (AvgIpc) is 2.75. The van der Waals surface area contributed by atoms with E-state index in [9.17, 15) is 0 Å². The van der Waals surface area contributed by atoms with E-state index in [1.807, 2.05) is 11.3 Å². The molecule has 0 atom stereocenters. The summed E-state index contributed by atoms with van der Waals surface area (Å²) in [7, 11) is 0. The summed E-state index contributed by atoms with van der Waals surface area (Å²) in [5, 5.41) is 14.1. The Morgan fingerprint density at radius 1 is 1.50 bits per heavy atom. The molecule has 16 heavy (non-hydrogen) atoms. The molecule has 1 N–H and O–H groups in total. The van der Waals surface area contributed by atoms with E-state index in [-0.39, 0.29) is 5.41 Å². The molecule has 2 nitrogen and oxygen atoms in total. The summed E-state index contributed by atoms with van der Waals surface area (Å²) >= 11 is 1.81. The van der Waals surface area contributed by atoms with Gasteiger partial charge in [-0.3, -0.25) is 0 Å². The molecule has 0 radical (unpaired) electrons. The van der Waals surface area contributed by atoms with Gasteiger partial charge in [-0.25, -0.2) is 0 Å². The molecule has 0 aliphatic heterocycles. The molecular weight excluding hydrogens is 216 g/mol. The second-order valence-electron chi connectivity index (χ2n) is 4.83. The minimum atomic E-state index is 0.227. The fourth-order valence-corrected chi connectivity index (χ4v) is 2.28. The molecule has 0 spiro atoms. The first-order valence-electron chi connectivity index (χ1n) is 5.74. The maximum absolute atomic E-state index is 8.56.